The van der Waals surface area contributed by atoms with Gasteiger partial charge in [-0.25, -0.2) is 9.97 Å². The van der Waals surface area contributed by atoms with Crippen LogP contribution in [0, 0.1) is 0 Å². The third-order valence-corrected chi connectivity index (χ3v) is 7.13. The molecule has 0 saturated carbocycles. The molecular formula is C33H28N2O6. The minimum Gasteiger partial charge on any atom is -0.491 e. The lowest BCUT2D eigenvalue weighted by molar-refractivity contribution is -0.131. The van der Waals surface area contributed by atoms with E-state index >= 15 is 0 Å². The number of hydrogen-bond donors (Lipinski definition) is 2. The summed E-state index contributed by atoms with van der Waals surface area (Å²) in [7, 11) is 0. The smallest absolute Gasteiger partial charge is 0.308 e. The van der Waals surface area contributed by atoms with Crippen LogP contribution in [0.15, 0.2) is 91.0 Å². The second-order valence-electron chi connectivity index (χ2n) is 9.65. The summed E-state index contributed by atoms with van der Waals surface area (Å²) in [4.78, 5) is 21.9. The standard InChI is InChI=1S/C33H28N2O6/c1-21(38)41-26-14-15-29-30(20-26)35-32-31(34-29)27-4-2-3-5-28(27)33(32,22-6-10-24(11-7-22)39-18-16-36)23-8-12-25(13-9-23)40-19-17-37/h2-15,20,36-37H,16-19H2,1H3. The monoisotopic (exact) mass is 548 g/mol. The van der Waals surface area contributed by atoms with Crippen LogP contribution in [-0.4, -0.2) is 52.6 Å². The first kappa shape index (κ1) is 26.4. The number of carbonyl (C=O) groups excluding carboxylic acids is 1. The van der Waals surface area contributed by atoms with Crippen LogP contribution in [0.5, 0.6) is 17.2 Å². The molecule has 2 N–H and O–H groups in total. The van der Waals surface area contributed by atoms with E-state index < -0.39 is 11.4 Å². The van der Waals surface area contributed by atoms with E-state index in [0.29, 0.717) is 28.3 Å². The molecule has 0 fully saturated rings. The van der Waals surface area contributed by atoms with Crippen molar-refractivity contribution in [3.63, 3.8) is 0 Å². The first-order valence-corrected chi connectivity index (χ1v) is 13.3. The quantitative estimate of drug-likeness (QED) is 0.198. The summed E-state index contributed by atoms with van der Waals surface area (Å²) in [5, 5.41) is 18.4. The van der Waals surface area contributed by atoms with Gasteiger partial charge in [-0.1, -0.05) is 48.5 Å². The number of ether oxygens (including phenoxy) is 3. The van der Waals surface area contributed by atoms with E-state index in [9.17, 15) is 15.0 Å². The minimum atomic E-state index is -0.838. The zero-order chi connectivity index (χ0) is 28.4. The minimum absolute atomic E-state index is 0.0743. The maximum atomic E-state index is 11.6. The second kappa shape index (κ2) is 11.0. The highest BCUT2D eigenvalue weighted by molar-refractivity contribution is 5.88. The molecule has 206 valence electrons. The van der Waals surface area contributed by atoms with Crippen molar-refractivity contribution in [2.24, 2.45) is 0 Å². The van der Waals surface area contributed by atoms with Gasteiger partial charge in [0.1, 0.15) is 30.5 Å². The summed E-state index contributed by atoms with van der Waals surface area (Å²) in [6, 6.07) is 29.0. The van der Waals surface area contributed by atoms with Gasteiger partial charge in [0.2, 0.25) is 0 Å². The number of nitrogens with zero attached hydrogens (tertiary/aromatic N) is 2. The molecule has 1 aliphatic carbocycles. The van der Waals surface area contributed by atoms with Gasteiger partial charge < -0.3 is 24.4 Å². The molecule has 0 unspecified atom stereocenters. The van der Waals surface area contributed by atoms with Crippen LogP contribution in [0.3, 0.4) is 0 Å². The summed E-state index contributed by atoms with van der Waals surface area (Å²) in [5.41, 5.74) is 5.88. The zero-order valence-corrected chi connectivity index (χ0v) is 22.4. The molecule has 0 spiro atoms. The van der Waals surface area contributed by atoms with Gasteiger partial charge in [0.25, 0.3) is 0 Å². The van der Waals surface area contributed by atoms with Crippen molar-refractivity contribution in [1.82, 2.24) is 9.97 Å². The Hall–Kier alpha value is -4.79. The Morgan fingerprint density at radius 2 is 1.32 bits per heavy atom. The summed E-state index contributed by atoms with van der Waals surface area (Å²) in [5.74, 6) is 1.28. The molecule has 0 bridgehead atoms. The number of aliphatic hydroxyl groups excluding tert-OH is 2. The number of hydrogen-bond acceptors (Lipinski definition) is 8. The van der Waals surface area contributed by atoms with Gasteiger partial charge in [0, 0.05) is 18.6 Å². The van der Waals surface area contributed by atoms with Gasteiger partial charge in [0.15, 0.2) is 0 Å². The summed E-state index contributed by atoms with van der Waals surface area (Å²) < 4.78 is 16.6. The van der Waals surface area contributed by atoms with Crippen molar-refractivity contribution in [2.75, 3.05) is 26.4 Å². The average molecular weight is 549 g/mol. The Morgan fingerprint density at radius 1 is 0.732 bits per heavy atom. The van der Waals surface area contributed by atoms with Gasteiger partial charge >= 0.3 is 5.97 Å². The van der Waals surface area contributed by atoms with Crippen molar-refractivity contribution in [2.45, 2.75) is 12.3 Å². The van der Waals surface area contributed by atoms with E-state index in [0.717, 1.165) is 33.6 Å². The molecule has 8 heteroatoms. The van der Waals surface area contributed by atoms with Crippen LogP contribution in [0.2, 0.25) is 0 Å². The molecule has 1 aromatic heterocycles. The van der Waals surface area contributed by atoms with Gasteiger partial charge in [-0.2, -0.15) is 0 Å². The molecule has 0 atom stereocenters. The van der Waals surface area contributed by atoms with Crippen molar-refractivity contribution < 1.29 is 29.2 Å². The lowest BCUT2D eigenvalue weighted by Gasteiger charge is -2.32. The lowest BCUT2D eigenvalue weighted by Crippen LogP contribution is -2.29. The van der Waals surface area contributed by atoms with Gasteiger partial charge in [-0.05, 0) is 53.1 Å². The van der Waals surface area contributed by atoms with Crippen molar-refractivity contribution in [3.8, 4) is 28.5 Å². The maximum Gasteiger partial charge on any atom is 0.308 e. The topological polar surface area (TPSA) is 111 Å². The Bertz CT molecular complexity index is 1670. The van der Waals surface area contributed by atoms with Gasteiger partial charge in [0.05, 0.1) is 41.1 Å². The Morgan fingerprint density at radius 3 is 1.90 bits per heavy atom. The van der Waals surface area contributed by atoms with Crippen LogP contribution in [0.1, 0.15) is 29.3 Å². The zero-order valence-electron chi connectivity index (χ0n) is 22.4. The van der Waals surface area contributed by atoms with E-state index in [2.05, 4.69) is 12.1 Å². The number of carbonyl (C=O) groups is 1. The highest BCUT2D eigenvalue weighted by Crippen LogP contribution is 2.55. The van der Waals surface area contributed by atoms with E-state index in [4.69, 9.17) is 24.2 Å². The van der Waals surface area contributed by atoms with Crippen LogP contribution >= 0.6 is 0 Å². The first-order valence-electron chi connectivity index (χ1n) is 13.3. The van der Waals surface area contributed by atoms with Crippen LogP contribution in [0.25, 0.3) is 22.3 Å². The summed E-state index contributed by atoms with van der Waals surface area (Å²) in [6.07, 6.45) is 0. The number of aliphatic hydroxyl groups is 2. The van der Waals surface area contributed by atoms with Crippen LogP contribution in [0.4, 0.5) is 0 Å². The molecule has 4 aromatic carbocycles. The molecule has 1 aliphatic rings. The SMILES string of the molecule is CC(=O)Oc1ccc2nc3c(nc2c1)C(c1ccc(OCCO)cc1)(c1ccc(OCCO)cc1)c1ccccc1-3. The van der Waals surface area contributed by atoms with Gasteiger partial charge in [-0.15, -0.1) is 0 Å². The molecule has 1 heterocycles. The number of aromatic nitrogens is 2. The fourth-order valence-corrected chi connectivity index (χ4v) is 5.54. The Labute approximate surface area is 236 Å². The number of rotatable bonds is 9. The van der Waals surface area contributed by atoms with Crippen molar-refractivity contribution in [1.29, 1.82) is 0 Å². The highest BCUT2D eigenvalue weighted by atomic mass is 16.5. The average Bonchev–Trinajstić information content (AvgIpc) is 3.28. The molecule has 6 rings (SSSR count). The molecule has 0 aliphatic heterocycles. The van der Waals surface area contributed by atoms with Crippen LogP contribution < -0.4 is 14.2 Å². The largest absolute Gasteiger partial charge is 0.491 e. The molecule has 8 nitrogen and oxygen atoms in total. The third-order valence-electron chi connectivity index (χ3n) is 7.13. The number of benzene rings is 4. The van der Waals surface area contributed by atoms with Crippen molar-refractivity contribution >= 4 is 17.0 Å². The lowest BCUT2D eigenvalue weighted by atomic mass is 9.69. The molecule has 41 heavy (non-hydrogen) atoms. The molecular weight excluding hydrogens is 520 g/mol. The molecule has 5 aromatic rings. The summed E-state index contributed by atoms with van der Waals surface area (Å²) >= 11 is 0. The van der Waals surface area contributed by atoms with Crippen molar-refractivity contribution in [3.05, 3.63) is 113 Å². The fraction of sp³-hybridized carbons (Fsp3) is 0.182. The second-order valence-corrected chi connectivity index (χ2v) is 9.65. The molecule has 0 amide bonds. The fourth-order valence-electron chi connectivity index (χ4n) is 5.54. The van der Waals surface area contributed by atoms with Gasteiger partial charge in [-0.3, -0.25) is 4.79 Å². The van der Waals surface area contributed by atoms with E-state index in [1.807, 2.05) is 66.7 Å². The number of esters is 1. The highest BCUT2D eigenvalue weighted by Gasteiger charge is 2.48. The van der Waals surface area contributed by atoms with E-state index in [1.54, 1.807) is 12.1 Å². The third kappa shape index (κ3) is 4.67. The predicted octanol–water partition coefficient (Wildman–Crippen LogP) is 4.66. The predicted molar refractivity (Wildman–Crippen MR) is 153 cm³/mol. The van der Waals surface area contributed by atoms with Crippen LogP contribution in [-0.2, 0) is 10.2 Å². The van der Waals surface area contributed by atoms with E-state index in [-0.39, 0.29) is 26.4 Å². The number of fused-ring (bicyclic) bond motifs is 4. The molecule has 0 saturated heterocycles. The summed E-state index contributed by atoms with van der Waals surface area (Å²) in [6.45, 7) is 1.62. The first-order chi connectivity index (χ1) is 20.0. The Kier molecular flexibility index (Phi) is 7.09. The van der Waals surface area contributed by atoms with E-state index in [1.165, 1.54) is 6.92 Å². The Balaban J connectivity index is 1.62. The normalized spacial score (nSPS) is 13.0. The maximum absolute atomic E-state index is 11.6. The molecule has 0 radical (unpaired) electrons.